The number of amides is 2. The molecule has 1 N–H and O–H groups in total. The van der Waals surface area contributed by atoms with E-state index in [-0.39, 0.29) is 23.2 Å². The van der Waals surface area contributed by atoms with E-state index in [0.29, 0.717) is 27.2 Å². The first-order valence-corrected chi connectivity index (χ1v) is 14.1. The summed E-state index contributed by atoms with van der Waals surface area (Å²) in [6.07, 6.45) is 2.64. The smallest absolute Gasteiger partial charge is 0.244 e. The number of carbonyl (C=O) groups is 2. The van der Waals surface area contributed by atoms with Crippen LogP contribution in [0.25, 0.3) is 0 Å². The van der Waals surface area contributed by atoms with Gasteiger partial charge >= 0.3 is 0 Å². The number of rotatable bonds is 11. The fourth-order valence-electron chi connectivity index (χ4n) is 3.23. The van der Waals surface area contributed by atoms with Crippen LogP contribution >= 0.6 is 46.4 Å². The van der Waals surface area contributed by atoms with E-state index in [0.717, 1.165) is 23.4 Å². The molecule has 0 unspecified atom stereocenters. The second kappa shape index (κ2) is 13.0. The Hall–Kier alpha value is -1.71. The second-order valence-electron chi connectivity index (χ2n) is 7.94. The van der Waals surface area contributed by atoms with Gasteiger partial charge in [-0.1, -0.05) is 65.8 Å². The summed E-state index contributed by atoms with van der Waals surface area (Å²) in [4.78, 5) is 27.6. The number of anilines is 1. The van der Waals surface area contributed by atoms with Gasteiger partial charge < -0.3 is 10.2 Å². The number of unbranched alkanes of at least 4 members (excludes halogenated alkanes) is 1. The molecule has 0 bridgehead atoms. The average Bonchev–Trinajstić information content (AvgIpc) is 2.76. The predicted octanol–water partition coefficient (Wildman–Crippen LogP) is 5.40. The molecule has 0 aliphatic carbocycles. The monoisotopic (exact) mass is 581 g/mol. The number of halogens is 4. The molecule has 2 rings (SSSR count). The molecule has 1 atom stereocenters. The van der Waals surface area contributed by atoms with Crippen molar-refractivity contribution in [3.8, 4) is 0 Å². The largest absolute Gasteiger partial charge is 0.354 e. The highest BCUT2D eigenvalue weighted by Gasteiger charge is 2.31. The minimum atomic E-state index is -3.92. The summed E-state index contributed by atoms with van der Waals surface area (Å²) in [5.41, 5.74) is 0.643. The summed E-state index contributed by atoms with van der Waals surface area (Å²) >= 11 is 24.5. The summed E-state index contributed by atoms with van der Waals surface area (Å²) in [5.74, 6) is -0.988. The van der Waals surface area contributed by atoms with Gasteiger partial charge in [0.2, 0.25) is 21.8 Å². The molecule has 35 heavy (non-hydrogen) atoms. The van der Waals surface area contributed by atoms with E-state index in [1.165, 1.54) is 29.2 Å². The highest BCUT2D eigenvalue weighted by atomic mass is 35.5. The molecule has 0 saturated carbocycles. The highest BCUT2D eigenvalue weighted by molar-refractivity contribution is 7.92. The van der Waals surface area contributed by atoms with Gasteiger partial charge in [-0.2, -0.15) is 0 Å². The van der Waals surface area contributed by atoms with Crippen molar-refractivity contribution in [1.82, 2.24) is 10.2 Å². The lowest BCUT2D eigenvalue weighted by molar-refractivity contribution is -0.139. The fourth-order valence-corrected chi connectivity index (χ4v) is 5.12. The summed E-state index contributed by atoms with van der Waals surface area (Å²) < 4.78 is 26.1. The Kier molecular flexibility index (Phi) is 11.0. The van der Waals surface area contributed by atoms with Crippen molar-refractivity contribution in [2.45, 2.75) is 39.3 Å². The number of carbonyl (C=O) groups excluding carboxylic acids is 2. The van der Waals surface area contributed by atoms with Crippen molar-refractivity contribution >= 4 is 73.9 Å². The molecule has 0 heterocycles. The molecule has 192 valence electrons. The Labute approximate surface area is 226 Å². The summed E-state index contributed by atoms with van der Waals surface area (Å²) in [7, 11) is -3.92. The molecule has 0 aliphatic heterocycles. The zero-order valence-electron chi connectivity index (χ0n) is 19.5. The van der Waals surface area contributed by atoms with Crippen LogP contribution in [-0.2, 0) is 26.2 Å². The molecule has 0 aliphatic rings. The molecule has 12 heteroatoms. The van der Waals surface area contributed by atoms with Crippen LogP contribution < -0.4 is 9.62 Å². The van der Waals surface area contributed by atoms with Gasteiger partial charge in [0, 0.05) is 28.2 Å². The number of nitrogens with zero attached hydrogens (tertiary/aromatic N) is 2. The van der Waals surface area contributed by atoms with Crippen LogP contribution in [0.2, 0.25) is 20.1 Å². The van der Waals surface area contributed by atoms with Gasteiger partial charge in [-0.15, -0.1) is 0 Å². The van der Waals surface area contributed by atoms with E-state index in [4.69, 9.17) is 46.4 Å². The van der Waals surface area contributed by atoms with Crippen LogP contribution in [-0.4, -0.2) is 50.5 Å². The molecule has 2 amide bonds. The summed E-state index contributed by atoms with van der Waals surface area (Å²) in [5, 5.41) is 3.92. The van der Waals surface area contributed by atoms with Crippen LogP contribution in [0.5, 0.6) is 0 Å². The third kappa shape index (κ3) is 8.43. The van der Waals surface area contributed by atoms with Crippen LogP contribution in [0, 0.1) is 0 Å². The lowest BCUT2D eigenvalue weighted by atomic mass is 10.1. The quantitative estimate of drug-likeness (QED) is 0.359. The predicted molar refractivity (Wildman–Crippen MR) is 143 cm³/mol. The number of benzene rings is 2. The Bertz CT molecular complexity index is 1180. The van der Waals surface area contributed by atoms with Gasteiger partial charge in [-0.05, 0) is 49.2 Å². The maximum Gasteiger partial charge on any atom is 0.244 e. The number of hydrogen-bond acceptors (Lipinski definition) is 4. The number of nitrogens with one attached hydrogen (secondary N) is 1. The average molecular weight is 583 g/mol. The zero-order chi connectivity index (χ0) is 26.3. The first-order valence-electron chi connectivity index (χ1n) is 10.8. The number of sulfonamides is 1. The molecule has 2 aromatic carbocycles. The molecule has 7 nitrogen and oxygen atoms in total. The lowest BCUT2D eigenvalue weighted by Crippen LogP contribution is -2.51. The van der Waals surface area contributed by atoms with Gasteiger partial charge in [0.15, 0.2) is 0 Å². The van der Waals surface area contributed by atoms with Crippen molar-refractivity contribution in [3.05, 3.63) is 62.1 Å². The minimum Gasteiger partial charge on any atom is -0.354 e. The van der Waals surface area contributed by atoms with E-state index in [2.05, 4.69) is 5.32 Å². The van der Waals surface area contributed by atoms with Crippen LogP contribution in [0.15, 0.2) is 36.4 Å². The van der Waals surface area contributed by atoms with Gasteiger partial charge in [-0.25, -0.2) is 8.42 Å². The minimum absolute atomic E-state index is 0.0385. The molecule has 0 radical (unpaired) electrons. The fraction of sp³-hybridized carbons (Fsp3) is 0.391. The Balaban J connectivity index is 2.42. The highest BCUT2D eigenvalue weighted by Crippen LogP contribution is 2.31. The van der Waals surface area contributed by atoms with Gasteiger partial charge in [-0.3, -0.25) is 13.9 Å². The van der Waals surface area contributed by atoms with Crippen molar-refractivity contribution in [2.24, 2.45) is 0 Å². The summed E-state index contributed by atoms with van der Waals surface area (Å²) in [6.45, 7) is 3.40. The molecule has 0 saturated heterocycles. The Morgan fingerprint density at radius 3 is 2.14 bits per heavy atom. The zero-order valence-corrected chi connectivity index (χ0v) is 23.4. The van der Waals surface area contributed by atoms with Gasteiger partial charge in [0.25, 0.3) is 0 Å². The number of hydrogen-bond donors (Lipinski definition) is 1. The summed E-state index contributed by atoms with van der Waals surface area (Å²) in [6, 6.07) is 8.17. The maximum atomic E-state index is 13.5. The first-order chi connectivity index (χ1) is 16.3. The Morgan fingerprint density at radius 2 is 1.60 bits per heavy atom. The standard InChI is InChI=1S/C23H27Cl4N3O4S/c1-4-5-10-28-23(32)15(2)29(13-16-6-7-17(24)11-19(16)26)22(31)14-30(35(3,33)34)21-9-8-18(25)12-20(21)27/h6-9,11-12,15H,4-5,10,13-14H2,1-3H3,(H,28,32)/t15-/m1/s1. The van der Waals surface area contributed by atoms with Crippen molar-refractivity contribution in [2.75, 3.05) is 23.7 Å². The van der Waals surface area contributed by atoms with E-state index in [1.807, 2.05) is 6.92 Å². The third-order valence-electron chi connectivity index (χ3n) is 5.21. The molecular weight excluding hydrogens is 556 g/mol. The van der Waals surface area contributed by atoms with Crippen LogP contribution in [0.1, 0.15) is 32.3 Å². The van der Waals surface area contributed by atoms with Gasteiger partial charge in [0.05, 0.1) is 17.0 Å². The van der Waals surface area contributed by atoms with Gasteiger partial charge in [0.1, 0.15) is 12.6 Å². The maximum absolute atomic E-state index is 13.5. The Morgan fingerprint density at radius 1 is 1.00 bits per heavy atom. The third-order valence-corrected chi connectivity index (χ3v) is 7.46. The van der Waals surface area contributed by atoms with Crippen LogP contribution in [0.3, 0.4) is 0 Å². The molecule has 0 fully saturated rings. The van der Waals surface area contributed by atoms with Crippen LogP contribution in [0.4, 0.5) is 5.69 Å². The topological polar surface area (TPSA) is 86.8 Å². The van der Waals surface area contributed by atoms with Crippen molar-refractivity contribution in [1.29, 1.82) is 0 Å². The van der Waals surface area contributed by atoms with E-state index >= 15 is 0 Å². The molecular formula is C23H27Cl4N3O4S. The van der Waals surface area contributed by atoms with E-state index in [1.54, 1.807) is 19.1 Å². The second-order valence-corrected chi connectivity index (χ2v) is 11.5. The molecule has 2 aromatic rings. The van der Waals surface area contributed by atoms with Crippen molar-refractivity contribution < 1.29 is 18.0 Å². The molecule has 0 aromatic heterocycles. The SMILES string of the molecule is CCCCNC(=O)[C@@H](C)N(Cc1ccc(Cl)cc1Cl)C(=O)CN(c1ccc(Cl)cc1Cl)S(C)(=O)=O. The molecule has 0 spiro atoms. The van der Waals surface area contributed by atoms with E-state index < -0.39 is 28.5 Å². The first kappa shape index (κ1) is 29.5. The lowest BCUT2D eigenvalue weighted by Gasteiger charge is -2.32. The normalized spacial score (nSPS) is 12.2. The van der Waals surface area contributed by atoms with E-state index in [9.17, 15) is 18.0 Å². The van der Waals surface area contributed by atoms with Crippen molar-refractivity contribution in [3.63, 3.8) is 0 Å².